The molecule has 0 fully saturated rings. The molecule has 0 unspecified atom stereocenters. The number of carboxylic acids is 1. The van der Waals surface area contributed by atoms with Crippen molar-refractivity contribution >= 4 is 11.9 Å². The van der Waals surface area contributed by atoms with Crippen molar-refractivity contribution in [3.8, 4) is 5.75 Å². The van der Waals surface area contributed by atoms with Gasteiger partial charge in [0.1, 0.15) is 12.4 Å². The summed E-state index contributed by atoms with van der Waals surface area (Å²) >= 11 is 0. The quantitative estimate of drug-likeness (QED) is 0.562. The predicted molar refractivity (Wildman–Crippen MR) is 66.3 cm³/mol. The molecule has 0 aliphatic carbocycles. The van der Waals surface area contributed by atoms with Gasteiger partial charge in [-0.15, -0.1) is 0 Å². The standard InChI is InChI=1S/C13H15NO4/c1-10(13(16)17)9-12(15)14-7-8-18-11-5-3-2-4-6-11/h2-6H,1,7-9H2,(H,14,15)(H,16,17). The van der Waals surface area contributed by atoms with E-state index in [9.17, 15) is 9.59 Å². The predicted octanol–water partition coefficient (Wildman–Crippen LogP) is 1.21. The van der Waals surface area contributed by atoms with Gasteiger partial charge in [-0.2, -0.15) is 0 Å². The van der Waals surface area contributed by atoms with E-state index in [1.165, 1.54) is 0 Å². The van der Waals surface area contributed by atoms with Crippen LogP contribution < -0.4 is 10.1 Å². The number of benzene rings is 1. The molecule has 96 valence electrons. The van der Waals surface area contributed by atoms with Crippen LogP contribution in [0.3, 0.4) is 0 Å². The van der Waals surface area contributed by atoms with E-state index in [-0.39, 0.29) is 17.9 Å². The van der Waals surface area contributed by atoms with Gasteiger partial charge in [0.25, 0.3) is 0 Å². The van der Waals surface area contributed by atoms with Gasteiger partial charge in [0.05, 0.1) is 13.0 Å². The maximum atomic E-state index is 11.3. The molecule has 1 aromatic carbocycles. The Balaban J connectivity index is 2.16. The second-order valence-corrected chi connectivity index (χ2v) is 3.60. The van der Waals surface area contributed by atoms with E-state index >= 15 is 0 Å². The number of nitrogens with one attached hydrogen (secondary N) is 1. The number of aliphatic carboxylic acids is 1. The summed E-state index contributed by atoms with van der Waals surface area (Å²) in [5.74, 6) is -0.813. The molecule has 5 heteroatoms. The number of hydrogen-bond acceptors (Lipinski definition) is 3. The summed E-state index contributed by atoms with van der Waals surface area (Å²) in [7, 11) is 0. The Hall–Kier alpha value is -2.30. The normalized spacial score (nSPS) is 9.56. The first-order valence-electron chi connectivity index (χ1n) is 5.45. The Bertz CT molecular complexity index is 428. The molecule has 0 aliphatic rings. The monoisotopic (exact) mass is 249 g/mol. The van der Waals surface area contributed by atoms with Gasteiger partial charge in [0, 0.05) is 5.57 Å². The summed E-state index contributed by atoms with van der Waals surface area (Å²) in [5.41, 5.74) is -0.128. The number of rotatable bonds is 7. The van der Waals surface area contributed by atoms with E-state index in [0.717, 1.165) is 5.75 Å². The van der Waals surface area contributed by atoms with Crippen LogP contribution >= 0.6 is 0 Å². The molecule has 2 N–H and O–H groups in total. The molecular weight excluding hydrogens is 234 g/mol. The van der Waals surface area contributed by atoms with Gasteiger partial charge < -0.3 is 15.2 Å². The highest BCUT2D eigenvalue weighted by atomic mass is 16.5. The summed E-state index contributed by atoms with van der Waals surface area (Å²) in [5, 5.41) is 11.1. The van der Waals surface area contributed by atoms with Crippen LogP contribution in [0.5, 0.6) is 5.75 Å². The Kier molecular flexibility index (Phi) is 5.44. The van der Waals surface area contributed by atoms with Crippen molar-refractivity contribution < 1.29 is 19.4 Å². The first-order valence-corrected chi connectivity index (χ1v) is 5.45. The van der Waals surface area contributed by atoms with E-state index in [4.69, 9.17) is 9.84 Å². The van der Waals surface area contributed by atoms with Gasteiger partial charge in [-0.1, -0.05) is 24.8 Å². The molecular formula is C13H15NO4. The highest BCUT2D eigenvalue weighted by Crippen LogP contribution is 2.07. The van der Waals surface area contributed by atoms with Crippen LogP contribution in [0, 0.1) is 0 Å². The largest absolute Gasteiger partial charge is 0.492 e. The fourth-order valence-corrected chi connectivity index (χ4v) is 1.21. The van der Waals surface area contributed by atoms with Crippen LogP contribution in [0.25, 0.3) is 0 Å². The zero-order valence-corrected chi connectivity index (χ0v) is 9.89. The van der Waals surface area contributed by atoms with Gasteiger partial charge in [-0.05, 0) is 12.1 Å². The Labute approximate surface area is 105 Å². The molecule has 0 bridgehead atoms. The molecule has 1 rings (SSSR count). The number of hydrogen-bond donors (Lipinski definition) is 2. The number of para-hydroxylation sites is 1. The Morgan fingerprint density at radius 1 is 1.28 bits per heavy atom. The van der Waals surface area contributed by atoms with Crippen molar-refractivity contribution in [2.24, 2.45) is 0 Å². The first-order chi connectivity index (χ1) is 8.59. The van der Waals surface area contributed by atoms with Crippen LogP contribution in [0.4, 0.5) is 0 Å². The van der Waals surface area contributed by atoms with Gasteiger partial charge in [0.15, 0.2) is 0 Å². The molecule has 0 spiro atoms. The summed E-state index contributed by atoms with van der Waals surface area (Å²) < 4.78 is 5.36. The summed E-state index contributed by atoms with van der Waals surface area (Å²) in [6, 6.07) is 9.21. The van der Waals surface area contributed by atoms with Crippen LogP contribution in [-0.4, -0.2) is 30.1 Å². The van der Waals surface area contributed by atoms with E-state index in [1.54, 1.807) is 0 Å². The third-order valence-corrected chi connectivity index (χ3v) is 2.11. The summed E-state index contributed by atoms with van der Waals surface area (Å²) in [6.45, 7) is 3.93. The van der Waals surface area contributed by atoms with Crippen LogP contribution in [0.1, 0.15) is 6.42 Å². The lowest BCUT2D eigenvalue weighted by molar-refractivity contribution is -0.134. The van der Waals surface area contributed by atoms with Gasteiger partial charge in [0.2, 0.25) is 5.91 Å². The Morgan fingerprint density at radius 2 is 1.94 bits per heavy atom. The number of carbonyl (C=O) groups is 2. The second kappa shape index (κ2) is 7.11. The van der Waals surface area contributed by atoms with Crippen molar-refractivity contribution in [3.05, 3.63) is 42.5 Å². The lowest BCUT2D eigenvalue weighted by Crippen LogP contribution is -2.28. The Morgan fingerprint density at radius 3 is 2.56 bits per heavy atom. The lowest BCUT2D eigenvalue weighted by atomic mass is 10.2. The average molecular weight is 249 g/mol. The smallest absolute Gasteiger partial charge is 0.331 e. The van der Waals surface area contributed by atoms with E-state index in [2.05, 4.69) is 11.9 Å². The minimum absolute atomic E-state index is 0.128. The maximum absolute atomic E-state index is 11.3. The molecule has 5 nitrogen and oxygen atoms in total. The fourth-order valence-electron chi connectivity index (χ4n) is 1.21. The molecule has 1 amide bonds. The molecule has 1 aromatic rings. The highest BCUT2D eigenvalue weighted by molar-refractivity contribution is 5.93. The number of carboxylic acid groups (broad SMARTS) is 1. The molecule has 0 radical (unpaired) electrons. The summed E-state index contributed by atoms with van der Waals surface area (Å²) in [4.78, 5) is 21.7. The molecule has 0 saturated heterocycles. The minimum atomic E-state index is -1.16. The topological polar surface area (TPSA) is 75.6 Å². The van der Waals surface area contributed by atoms with Crippen molar-refractivity contribution in [2.75, 3.05) is 13.2 Å². The van der Waals surface area contributed by atoms with Crippen molar-refractivity contribution in [1.29, 1.82) is 0 Å². The third kappa shape index (κ3) is 5.16. The molecule has 0 heterocycles. The molecule has 0 saturated carbocycles. The SMILES string of the molecule is C=C(CC(=O)NCCOc1ccccc1)C(=O)O. The van der Waals surface area contributed by atoms with Crippen molar-refractivity contribution in [1.82, 2.24) is 5.32 Å². The van der Waals surface area contributed by atoms with E-state index in [0.29, 0.717) is 13.2 Å². The fraction of sp³-hybridized carbons (Fsp3) is 0.231. The maximum Gasteiger partial charge on any atom is 0.331 e. The number of amides is 1. The van der Waals surface area contributed by atoms with Crippen molar-refractivity contribution in [2.45, 2.75) is 6.42 Å². The van der Waals surface area contributed by atoms with Crippen LogP contribution in [0.2, 0.25) is 0 Å². The zero-order chi connectivity index (χ0) is 13.4. The van der Waals surface area contributed by atoms with E-state index in [1.807, 2.05) is 30.3 Å². The summed E-state index contributed by atoms with van der Waals surface area (Å²) in [6.07, 6.45) is -0.208. The van der Waals surface area contributed by atoms with Gasteiger partial charge >= 0.3 is 5.97 Å². The van der Waals surface area contributed by atoms with Crippen LogP contribution in [-0.2, 0) is 9.59 Å². The van der Waals surface area contributed by atoms with E-state index < -0.39 is 5.97 Å². The molecule has 18 heavy (non-hydrogen) atoms. The van der Waals surface area contributed by atoms with Gasteiger partial charge in [-0.3, -0.25) is 4.79 Å². The number of ether oxygens (including phenoxy) is 1. The minimum Gasteiger partial charge on any atom is -0.492 e. The second-order valence-electron chi connectivity index (χ2n) is 3.60. The average Bonchev–Trinajstić information content (AvgIpc) is 2.35. The highest BCUT2D eigenvalue weighted by Gasteiger charge is 2.09. The van der Waals surface area contributed by atoms with Crippen LogP contribution in [0.15, 0.2) is 42.5 Å². The molecule has 0 aliphatic heterocycles. The van der Waals surface area contributed by atoms with Crippen molar-refractivity contribution in [3.63, 3.8) is 0 Å². The van der Waals surface area contributed by atoms with Gasteiger partial charge in [-0.25, -0.2) is 4.79 Å². The number of carbonyl (C=O) groups excluding carboxylic acids is 1. The third-order valence-electron chi connectivity index (χ3n) is 2.11. The molecule has 0 aromatic heterocycles. The lowest BCUT2D eigenvalue weighted by Gasteiger charge is -2.07. The zero-order valence-electron chi connectivity index (χ0n) is 9.89. The molecule has 0 atom stereocenters. The first kappa shape index (κ1) is 13.8.